The molecular weight excluding hydrogens is 230 g/mol. The van der Waals surface area contributed by atoms with Gasteiger partial charge in [-0.1, -0.05) is 12.8 Å². The van der Waals surface area contributed by atoms with Gasteiger partial charge in [0.2, 0.25) is 0 Å². The SMILES string of the molecule is COC(=O)C(c1nncn1C1CC1)C1CCCC1. The van der Waals surface area contributed by atoms with Gasteiger partial charge in [-0.3, -0.25) is 4.79 Å². The van der Waals surface area contributed by atoms with Crippen LogP contribution in [0.25, 0.3) is 0 Å². The molecule has 0 amide bonds. The summed E-state index contributed by atoms with van der Waals surface area (Å²) in [6.45, 7) is 0. The highest BCUT2D eigenvalue weighted by molar-refractivity contribution is 5.77. The van der Waals surface area contributed by atoms with Crippen molar-refractivity contribution in [1.82, 2.24) is 14.8 Å². The second-order valence-electron chi connectivity index (χ2n) is 5.37. The lowest BCUT2D eigenvalue weighted by Gasteiger charge is -2.20. The summed E-state index contributed by atoms with van der Waals surface area (Å²) in [4.78, 5) is 12.1. The largest absolute Gasteiger partial charge is 0.468 e. The molecule has 5 heteroatoms. The van der Waals surface area contributed by atoms with Crippen molar-refractivity contribution < 1.29 is 9.53 Å². The zero-order chi connectivity index (χ0) is 12.5. The molecule has 2 saturated carbocycles. The molecule has 1 aromatic heterocycles. The van der Waals surface area contributed by atoms with E-state index < -0.39 is 0 Å². The first kappa shape index (κ1) is 11.7. The topological polar surface area (TPSA) is 57.0 Å². The van der Waals surface area contributed by atoms with Gasteiger partial charge in [-0.2, -0.15) is 0 Å². The zero-order valence-corrected chi connectivity index (χ0v) is 10.7. The van der Waals surface area contributed by atoms with Crippen LogP contribution in [0.5, 0.6) is 0 Å². The Morgan fingerprint density at radius 3 is 2.72 bits per heavy atom. The molecule has 0 N–H and O–H groups in total. The van der Waals surface area contributed by atoms with Crippen LogP contribution in [0.2, 0.25) is 0 Å². The van der Waals surface area contributed by atoms with E-state index in [0.29, 0.717) is 12.0 Å². The molecule has 0 bridgehead atoms. The average molecular weight is 249 g/mol. The van der Waals surface area contributed by atoms with E-state index in [4.69, 9.17) is 4.74 Å². The molecule has 1 unspecified atom stereocenters. The first-order chi connectivity index (χ1) is 8.81. The van der Waals surface area contributed by atoms with Crippen molar-refractivity contribution in [2.75, 3.05) is 7.11 Å². The Morgan fingerprint density at radius 1 is 1.39 bits per heavy atom. The van der Waals surface area contributed by atoms with Crippen molar-refractivity contribution in [3.8, 4) is 0 Å². The summed E-state index contributed by atoms with van der Waals surface area (Å²) < 4.78 is 7.07. The lowest BCUT2D eigenvalue weighted by atomic mass is 9.90. The van der Waals surface area contributed by atoms with E-state index in [0.717, 1.165) is 18.7 Å². The van der Waals surface area contributed by atoms with Gasteiger partial charge in [-0.25, -0.2) is 0 Å². The Kier molecular flexibility index (Phi) is 3.06. The predicted molar refractivity (Wildman–Crippen MR) is 65.0 cm³/mol. The number of ether oxygens (including phenoxy) is 1. The highest BCUT2D eigenvalue weighted by Crippen LogP contribution is 2.41. The molecule has 3 rings (SSSR count). The molecule has 0 aliphatic heterocycles. The third-order valence-corrected chi connectivity index (χ3v) is 4.15. The molecule has 0 spiro atoms. The number of methoxy groups -OCH3 is 1. The predicted octanol–water partition coefficient (Wildman–Crippen LogP) is 2.06. The number of carbonyl (C=O) groups is 1. The van der Waals surface area contributed by atoms with Crippen molar-refractivity contribution in [2.45, 2.75) is 50.5 Å². The second kappa shape index (κ2) is 4.71. The molecule has 0 aromatic carbocycles. The lowest BCUT2D eigenvalue weighted by Crippen LogP contribution is -2.25. The average Bonchev–Trinajstić information content (AvgIpc) is 2.91. The van der Waals surface area contributed by atoms with Crippen LogP contribution < -0.4 is 0 Å². The Bertz CT molecular complexity index is 433. The number of hydrogen-bond donors (Lipinski definition) is 0. The van der Waals surface area contributed by atoms with Crippen LogP contribution >= 0.6 is 0 Å². The van der Waals surface area contributed by atoms with Gasteiger partial charge in [0.1, 0.15) is 18.1 Å². The quantitative estimate of drug-likeness (QED) is 0.766. The van der Waals surface area contributed by atoms with Crippen LogP contribution in [0.3, 0.4) is 0 Å². The van der Waals surface area contributed by atoms with Gasteiger partial charge in [-0.05, 0) is 31.6 Å². The van der Waals surface area contributed by atoms with Crippen molar-refractivity contribution >= 4 is 5.97 Å². The molecule has 0 saturated heterocycles. The van der Waals surface area contributed by atoms with Crippen LogP contribution in [-0.4, -0.2) is 27.8 Å². The Balaban J connectivity index is 1.91. The minimum atomic E-state index is -0.222. The van der Waals surface area contributed by atoms with E-state index in [1.54, 1.807) is 6.33 Å². The minimum absolute atomic E-state index is 0.156. The maximum atomic E-state index is 12.1. The van der Waals surface area contributed by atoms with Crippen molar-refractivity contribution in [1.29, 1.82) is 0 Å². The van der Waals surface area contributed by atoms with E-state index in [1.165, 1.54) is 32.8 Å². The maximum Gasteiger partial charge on any atom is 0.316 e. The Labute approximate surface area is 107 Å². The summed E-state index contributed by atoms with van der Waals surface area (Å²) in [5, 5.41) is 8.20. The van der Waals surface area contributed by atoms with E-state index in [-0.39, 0.29) is 11.9 Å². The van der Waals surface area contributed by atoms with E-state index in [1.807, 2.05) is 0 Å². The van der Waals surface area contributed by atoms with Crippen LogP contribution in [0.15, 0.2) is 6.33 Å². The van der Waals surface area contributed by atoms with Crippen LogP contribution in [-0.2, 0) is 9.53 Å². The minimum Gasteiger partial charge on any atom is -0.468 e. The van der Waals surface area contributed by atoms with Crippen LogP contribution in [0.1, 0.15) is 56.3 Å². The van der Waals surface area contributed by atoms with Crippen molar-refractivity contribution in [3.63, 3.8) is 0 Å². The fourth-order valence-corrected chi connectivity index (χ4v) is 3.03. The standard InChI is InChI=1S/C13H19N3O2/c1-18-13(17)11(9-4-2-3-5-9)12-15-14-8-16(12)10-6-7-10/h8-11H,2-7H2,1H3. The van der Waals surface area contributed by atoms with Gasteiger partial charge in [0.05, 0.1) is 7.11 Å². The Hall–Kier alpha value is -1.39. The normalized spacial score (nSPS) is 22.1. The molecule has 98 valence electrons. The second-order valence-corrected chi connectivity index (χ2v) is 5.37. The number of esters is 1. The summed E-state index contributed by atoms with van der Waals surface area (Å²) in [6, 6.07) is 0.503. The maximum absolute atomic E-state index is 12.1. The van der Waals surface area contributed by atoms with Crippen LogP contribution in [0, 0.1) is 5.92 Å². The molecule has 2 aliphatic rings. The number of carbonyl (C=O) groups excluding carboxylic acids is 1. The zero-order valence-electron chi connectivity index (χ0n) is 10.7. The highest BCUT2D eigenvalue weighted by Gasteiger charge is 2.38. The van der Waals surface area contributed by atoms with Gasteiger partial charge >= 0.3 is 5.97 Å². The summed E-state index contributed by atoms with van der Waals surface area (Å²) in [5.41, 5.74) is 0. The van der Waals surface area contributed by atoms with Gasteiger partial charge in [0, 0.05) is 6.04 Å². The van der Waals surface area contributed by atoms with Crippen LogP contribution in [0.4, 0.5) is 0 Å². The summed E-state index contributed by atoms with van der Waals surface area (Å²) in [5.74, 6) is 0.813. The molecule has 1 aromatic rings. The molecule has 1 heterocycles. The monoisotopic (exact) mass is 249 g/mol. The molecule has 5 nitrogen and oxygen atoms in total. The van der Waals surface area contributed by atoms with E-state index in [2.05, 4.69) is 14.8 Å². The fourth-order valence-electron chi connectivity index (χ4n) is 3.03. The van der Waals surface area contributed by atoms with Crippen molar-refractivity contribution in [3.05, 3.63) is 12.2 Å². The highest BCUT2D eigenvalue weighted by atomic mass is 16.5. The smallest absolute Gasteiger partial charge is 0.316 e. The number of rotatable bonds is 4. The summed E-state index contributed by atoms with van der Waals surface area (Å²) in [6.07, 6.45) is 8.70. The molecule has 2 aliphatic carbocycles. The molecular formula is C13H19N3O2. The molecule has 1 atom stereocenters. The van der Waals surface area contributed by atoms with Gasteiger partial charge in [0.15, 0.2) is 0 Å². The van der Waals surface area contributed by atoms with E-state index >= 15 is 0 Å². The number of nitrogens with zero attached hydrogens (tertiary/aromatic N) is 3. The third kappa shape index (κ3) is 2.02. The van der Waals surface area contributed by atoms with Gasteiger partial charge in [-0.15, -0.1) is 10.2 Å². The first-order valence-electron chi connectivity index (χ1n) is 6.78. The Morgan fingerprint density at radius 2 is 2.11 bits per heavy atom. The van der Waals surface area contributed by atoms with Gasteiger partial charge < -0.3 is 9.30 Å². The summed E-state index contributed by atoms with van der Waals surface area (Å²) >= 11 is 0. The van der Waals surface area contributed by atoms with Crippen molar-refractivity contribution in [2.24, 2.45) is 5.92 Å². The molecule has 2 fully saturated rings. The fraction of sp³-hybridized carbons (Fsp3) is 0.769. The first-order valence-corrected chi connectivity index (χ1v) is 6.78. The third-order valence-electron chi connectivity index (χ3n) is 4.15. The molecule has 18 heavy (non-hydrogen) atoms. The summed E-state index contributed by atoms with van der Waals surface area (Å²) in [7, 11) is 1.46. The lowest BCUT2D eigenvalue weighted by molar-refractivity contribution is -0.144. The molecule has 0 radical (unpaired) electrons. The number of aromatic nitrogens is 3. The van der Waals surface area contributed by atoms with E-state index in [9.17, 15) is 4.79 Å². The van der Waals surface area contributed by atoms with Gasteiger partial charge in [0.25, 0.3) is 0 Å². The number of hydrogen-bond acceptors (Lipinski definition) is 4.